The van der Waals surface area contributed by atoms with Gasteiger partial charge >= 0.3 is 0 Å². The Kier molecular flexibility index (Phi) is 2.60. The van der Waals surface area contributed by atoms with E-state index in [1.54, 1.807) is 0 Å². The number of aryl methyl sites for hydroxylation is 1. The topological polar surface area (TPSA) is 73.8 Å². The van der Waals surface area contributed by atoms with Gasteiger partial charge in [0.2, 0.25) is 0 Å². The molecule has 0 unspecified atom stereocenters. The van der Waals surface area contributed by atoms with E-state index in [0.29, 0.717) is 6.54 Å². The van der Waals surface area contributed by atoms with Gasteiger partial charge in [-0.1, -0.05) is 11.6 Å². The molecule has 0 saturated carbocycles. The number of aromatic nitrogens is 3. The highest BCUT2D eigenvalue weighted by Gasteiger charge is 2.09. The first kappa shape index (κ1) is 11.0. The number of hydrogen-bond donors (Lipinski definition) is 3. The van der Waals surface area contributed by atoms with E-state index >= 15 is 0 Å². The maximum absolute atomic E-state index is 8.86. The summed E-state index contributed by atoms with van der Waals surface area (Å²) in [6.07, 6.45) is 1.54. The number of rotatable bonds is 3. The summed E-state index contributed by atoms with van der Waals surface area (Å²) >= 11 is 0. The van der Waals surface area contributed by atoms with Gasteiger partial charge in [-0.05, 0) is 19.1 Å². The fourth-order valence-corrected chi connectivity index (χ4v) is 2.11. The van der Waals surface area contributed by atoms with E-state index in [1.165, 1.54) is 11.9 Å². The molecule has 2 aromatic heterocycles. The van der Waals surface area contributed by atoms with E-state index in [2.05, 4.69) is 39.3 Å². The van der Waals surface area contributed by atoms with Gasteiger partial charge in [0.05, 0.1) is 6.61 Å². The molecular formula is C13H14N4O. The predicted molar refractivity (Wildman–Crippen MR) is 71.7 cm³/mol. The van der Waals surface area contributed by atoms with Crippen molar-refractivity contribution in [3.05, 3.63) is 30.1 Å². The zero-order valence-corrected chi connectivity index (χ0v) is 10.1. The summed E-state index contributed by atoms with van der Waals surface area (Å²) in [6.45, 7) is 2.61. The zero-order valence-electron chi connectivity index (χ0n) is 10.1. The van der Waals surface area contributed by atoms with Crippen LogP contribution in [-0.2, 0) is 0 Å². The van der Waals surface area contributed by atoms with Crippen LogP contribution in [0.5, 0.6) is 0 Å². The lowest BCUT2D eigenvalue weighted by atomic mass is 10.2. The minimum Gasteiger partial charge on any atom is -0.395 e. The molecule has 92 valence electrons. The number of anilines is 1. The van der Waals surface area contributed by atoms with Gasteiger partial charge in [-0.25, -0.2) is 9.97 Å². The number of fused-ring (bicyclic) bond motifs is 3. The Bertz CT molecular complexity index is 705. The molecule has 0 bridgehead atoms. The number of hydrogen-bond acceptors (Lipinski definition) is 4. The number of nitrogens with zero attached hydrogens (tertiary/aromatic N) is 2. The lowest BCUT2D eigenvalue weighted by Crippen LogP contribution is -2.07. The smallest absolute Gasteiger partial charge is 0.153 e. The number of nitrogens with one attached hydrogen (secondary N) is 2. The Morgan fingerprint density at radius 3 is 3.06 bits per heavy atom. The minimum absolute atomic E-state index is 0.0742. The fourth-order valence-electron chi connectivity index (χ4n) is 2.11. The standard InChI is InChI=1S/C13H14N4O/c1-8-2-3-10-9(6-8)11-12(17-10)13(14-4-5-18)16-7-15-11/h2-3,6-7,17-18H,4-5H2,1H3,(H,14,15,16). The van der Waals surface area contributed by atoms with Crippen LogP contribution in [0.4, 0.5) is 5.82 Å². The summed E-state index contributed by atoms with van der Waals surface area (Å²) in [4.78, 5) is 11.8. The summed E-state index contributed by atoms with van der Waals surface area (Å²) in [7, 11) is 0. The molecule has 1 aromatic carbocycles. The number of aliphatic hydroxyl groups excluding tert-OH is 1. The number of aromatic amines is 1. The van der Waals surface area contributed by atoms with Crippen molar-refractivity contribution < 1.29 is 5.11 Å². The van der Waals surface area contributed by atoms with Gasteiger partial charge in [-0.15, -0.1) is 0 Å². The highest BCUT2D eigenvalue weighted by atomic mass is 16.3. The Morgan fingerprint density at radius 1 is 1.33 bits per heavy atom. The SMILES string of the molecule is Cc1ccc2[nH]c3c(NCCO)ncnc3c2c1. The van der Waals surface area contributed by atoms with Crippen LogP contribution in [0.15, 0.2) is 24.5 Å². The molecule has 18 heavy (non-hydrogen) atoms. The quantitative estimate of drug-likeness (QED) is 0.655. The third-order valence-corrected chi connectivity index (χ3v) is 2.94. The maximum atomic E-state index is 8.86. The predicted octanol–water partition coefficient (Wildman–Crippen LogP) is 1.82. The molecule has 0 spiro atoms. The number of benzene rings is 1. The van der Waals surface area contributed by atoms with E-state index in [0.717, 1.165) is 27.8 Å². The summed E-state index contributed by atoms with van der Waals surface area (Å²) in [5, 5.41) is 13.0. The average molecular weight is 242 g/mol. The largest absolute Gasteiger partial charge is 0.395 e. The van der Waals surface area contributed by atoms with E-state index < -0.39 is 0 Å². The van der Waals surface area contributed by atoms with Crippen molar-refractivity contribution in [1.82, 2.24) is 15.0 Å². The number of aliphatic hydroxyl groups is 1. The molecule has 0 radical (unpaired) electrons. The molecule has 0 fully saturated rings. The second kappa shape index (κ2) is 4.27. The van der Waals surface area contributed by atoms with Crippen molar-refractivity contribution in [2.45, 2.75) is 6.92 Å². The highest BCUT2D eigenvalue weighted by molar-refractivity contribution is 6.08. The van der Waals surface area contributed by atoms with Crippen LogP contribution in [0.1, 0.15) is 5.56 Å². The van der Waals surface area contributed by atoms with Crippen molar-refractivity contribution in [2.75, 3.05) is 18.5 Å². The molecule has 3 N–H and O–H groups in total. The monoisotopic (exact) mass is 242 g/mol. The molecule has 0 saturated heterocycles. The van der Waals surface area contributed by atoms with Gasteiger partial charge in [0.25, 0.3) is 0 Å². The molecule has 0 atom stereocenters. The molecule has 3 aromatic rings. The highest BCUT2D eigenvalue weighted by Crippen LogP contribution is 2.27. The third kappa shape index (κ3) is 1.69. The van der Waals surface area contributed by atoms with Crippen molar-refractivity contribution in [1.29, 1.82) is 0 Å². The summed E-state index contributed by atoms with van der Waals surface area (Å²) < 4.78 is 0. The summed E-state index contributed by atoms with van der Waals surface area (Å²) in [6, 6.07) is 6.21. The molecule has 0 aliphatic heterocycles. The molecule has 2 heterocycles. The van der Waals surface area contributed by atoms with E-state index in [1.807, 2.05) is 6.07 Å². The van der Waals surface area contributed by atoms with Gasteiger partial charge in [0, 0.05) is 17.4 Å². The van der Waals surface area contributed by atoms with E-state index in [9.17, 15) is 0 Å². The molecule has 5 nitrogen and oxygen atoms in total. The van der Waals surface area contributed by atoms with Crippen molar-refractivity contribution in [3.63, 3.8) is 0 Å². The van der Waals surface area contributed by atoms with Crippen LogP contribution in [0.25, 0.3) is 21.9 Å². The van der Waals surface area contributed by atoms with E-state index in [-0.39, 0.29) is 6.61 Å². The zero-order chi connectivity index (χ0) is 12.5. The lowest BCUT2D eigenvalue weighted by Gasteiger charge is -2.03. The van der Waals surface area contributed by atoms with E-state index in [4.69, 9.17) is 5.11 Å². The second-order valence-corrected chi connectivity index (χ2v) is 4.27. The first-order valence-corrected chi connectivity index (χ1v) is 5.87. The Labute approximate surface area is 104 Å². The third-order valence-electron chi connectivity index (χ3n) is 2.94. The summed E-state index contributed by atoms with van der Waals surface area (Å²) in [5.74, 6) is 0.725. The molecule has 3 rings (SSSR count). The normalized spacial score (nSPS) is 11.2. The first-order valence-electron chi connectivity index (χ1n) is 5.87. The maximum Gasteiger partial charge on any atom is 0.153 e. The van der Waals surface area contributed by atoms with Gasteiger partial charge < -0.3 is 15.4 Å². The Balaban J connectivity index is 2.25. The Hall–Kier alpha value is -2.14. The molecule has 0 aliphatic carbocycles. The molecule has 0 amide bonds. The van der Waals surface area contributed by atoms with Gasteiger partial charge in [-0.3, -0.25) is 0 Å². The van der Waals surface area contributed by atoms with Crippen molar-refractivity contribution in [2.24, 2.45) is 0 Å². The van der Waals surface area contributed by atoms with Crippen LogP contribution in [0, 0.1) is 6.92 Å². The van der Waals surface area contributed by atoms with Crippen molar-refractivity contribution >= 4 is 27.8 Å². The molecule has 0 aliphatic rings. The minimum atomic E-state index is 0.0742. The fraction of sp³-hybridized carbons (Fsp3) is 0.231. The van der Waals surface area contributed by atoms with Gasteiger partial charge in [-0.2, -0.15) is 0 Å². The second-order valence-electron chi connectivity index (χ2n) is 4.27. The van der Waals surface area contributed by atoms with Crippen LogP contribution in [0.3, 0.4) is 0 Å². The molecule has 5 heteroatoms. The van der Waals surface area contributed by atoms with Crippen LogP contribution in [-0.4, -0.2) is 33.2 Å². The number of H-pyrrole nitrogens is 1. The van der Waals surface area contributed by atoms with Crippen LogP contribution >= 0.6 is 0 Å². The first-order chi connectivity index (χ1) is 8.79. The van der Waals surface area contributed by atoms with Crippen LogP contribution < -0.4 is 5.32 Å². The molecular weight excluding hydrogens is 228 g/mol. The summed E-state index contributed by atoms with van der Waals surface area (Å²) in [5.41, 5.74) is 4.03. The van der Waals surface area contributed by atoms with Gasteiger partial charge in [0.15, 0.2) is 5.82 Å². The van der Waals surface area contributed by atoms with Crippen molar-refractivity contribution in [3.8, 4) is 0 Å². The Morgan fingerprint density at radius 2 is 2.22 bits per heavy atom. The average Bonchev–Trinajstić information content (AvgIpc) is 2.75. The lowest BCUT2D eigenvalue weighted by molar-refractivity contribution is 0.311. The van der Waals surface area contributed by atoms with Gasteiger partial charge in [0.1, 0.15) is 17.4 Å². The van der Waals surface area contributed by atoms with Crippen LogP contribution in [0.2, 0.25) is 0 Å².